The first-order valence-corrected chi connectivity index (χ1v) is 6.16. The molecule has 0 spiro atoms. The molecule has 1 atom stereocenters. The number of hydrogen-bond acceptors (Lipinski definition) is 5. The average molecular weight is 287 g/mol. The molecule has 0 aromatic heterocycles. The minimum Gasteiger partial charge on any atom is -0.486 e. The molecule has 1 aromatic rings. The zero-order valence-corrected chi connectivity index (χ0v) is 11.0. The van der Waals surface area contributed by atoms with Crippen LogP contribution < -0.4 is 20.9 Å². The lowest BCUT2D eigenvalue weighted by atomic mass is 10.1. The van der Waals surface area contributed by atoms with Crippen LogP contribution in [0.25, 0.3) is 0 Å². The first-order chi connectivity index (χ1) is 9.08. The van der Waals surface area contributed by atoms with Gasteiger partial charge in [-0.05, 0) is 11.6 Å². The van der Waals surface area contributed by atoms with Crippen LogP contribution in [0.4, 0.5) is 0 Å². The van der Waals surface area contributed by atoms with E-state index in [1.165, 1.54) is 0 Å². The highest BCUT2D eigenvalue weighted by Gasteiger charge is 2.18. The Morgan fingerprint density at radius 2 is 2.00 bits per heavy atom. The third-order valence-corrected chi connectivity index (χ3v) is 2.93. The second-order valence-corrected chi connectivity index (χ2v) is 4.51. The largest absolute Gasteiger partial charge is 0.486 e. The molecule has 0 fully saturated rings. The van der Waals surface area contributed by atoms with Crippen LogP contribution in [0, 0.1) is 0 Å². The molecule has 1 unspecified atom stereocenters. The van der Waals surface area contributed by atoms with E-state index in [9.17, 15) is 4.79 Å². The molecule has 1 aromatic carbocycles. The number of benzene rings is 1. The van der Waals surface area contributed by atoms with Crippen molar-refractivity contribution in [3.05, 3.63) is 22.7 Å². The molecule has 0 saturated carbocycles. The second kappa shape index (κ2) is 6.10. The summed E-state index contributed by atoms with van der Waals surface area (Å²) < 4.78 is 15.9. The van der Waals surface area contributed by atoms with Gasteiger partial charge >= 0.3 is 0 Å². The van der Waals surface area contributed by atoms with E-state index < -0.39 is 11.9 Å². The number of carbonyl (C=O) groups excluding carboxylic acids is 1. The van der Waals surface area contributed by atoms with Crippen molar-refractivity contribution in [1.29, 1.82) is 0 Å². The number of carbonyl (C=O) groups is 1. The highest BCUT2D eigenvalue weighted by molar-refractivity contribution is 6.31. The van der Waals surface area contributed by atoms with Crippen LogP contribution in [0.1, 0.15) is 11.6 Å². The second-order valence-electron chi connectivity index (χ2n) is 4.11. The Balaban J connectivity index is 2.08. The fourth-order valence-corrected chi connectivity index (χ4v) is 2.03. The number of hydrogen-bond donors (Lipinski definition) is 2. The fraction of sp³-hybridized carbons (Fsp3) is 0.417. The zero-order chi connectivity index (χ0) is 13.8. The van der Waals surface area contributed by atoms with E-state index in [0.29, 0.717) is 35.3 Å². The molecule has 6 nitrogen and oxygen atoms in total. The molecule has 1 amide bonds. The first kappa shape index (κ1) is 13.9. The summed E-state index contributed by atoms with van der Waals surface area (Å²) in [5.74, 6) is 0.668. The Bertz CT molecular complexity index is 481. The van der Waals surface area contributed by atoms with Crippen LogP contribution in [0.15, 0.2) is 12.1 Å². The van der Waals surface area contributed by atoms with Gasteiger partial charge < -0.3 is 25.7 Å². The van der Waals surface area contributed by atoms with E-state index in [0.717, 1.165) is 0 Å². The highest BCUT2D eigenvalue weighted by atomic mass is 35.5. The number of fused-ring (bicyclic) bond motifs is 1. The van der Waals surface area contributed by atoms with Gasteiger partial charge in [0.1, 0.15) is 19.8 Å². The van der Waals surface area contributed by atoms with Crippen molar-refractivity contribution in [1.82, 2.24) is 0 Å². The molecule has 0 bridgehead atoms. The van der Waals surface area contributed by atoms with Crippen molar-refractivity contribution in [2.24, 2.45) is 11.5 Å². The van der Waals surface area contributed by atoms with Gasteiger partial charge in [-0.1, -0.05) is 11.6 Å². The van der Waals surface area contributed by atoms with E-state index in [-0.39, 0.29) is 13.2 Å². The first-order valence-electron chi connectivity index (χ1n) is 5.78. The number of amides is 1. The molecule has 4 N–H and O–H groups in total. The van der Waals surface area contributed by atoms with Crippen LogP contribution in [-0.4, -0.2) is 32.3 Å². The topological polar surface area (TPSA) is 96.8 Å². The lowest BCUT2D eigenvalue weighted by Crippen LogP contribution is -2.24. The zero-order valence-electron chi connectivity index (χ0n) is 10.2. The Hall–Kier alpha value is -1.50. The van der Waals surface area contributed by atoms with Gasteiger partial charge in [-0.15, -0.1) is 0 Å². The highest BCUT2D eigenvalue weighted by Crippen LogP contribution is 2.37. The minimum absolute atomic E-state index is 0.141. The number of primary amides is 1. The van der Waals surface area contributed by atoms with E-state index in [1.807, 2.05) is 0 Å². The third-order valence-electron chi connectivity index (χ3n) is 2.60. The lowest BCUT2D eigenvalue weighted by molar-refractivity contribution is -0.122. The Morgan fingerprint density at radius 3 is 2.63 bits per heavy atom. The van der Waals surface area contributed by atoms with Crippen molar-refractivity contribution in [3.63, 3.8) is 0 Å². The van der Waals surface area contributed by atoms with Gasteiger partial charge in [-0.25, -0.2) is 0 Å². The predicted octanol–water partition coefficient (Wildman–Crippen LogP) is 0.613. The van der Waals surface area contributed by atoms with Crippen LogP contribution >= 0.6 is 11.6 Å². The number of nitrogens with two attached hydrogens (primary N) is 2. The third kappa shape index (κ3) is 3.50. The number of rotatable bonds is 5. The van der Waals surface area contributed by atoms with Crippen LogP contribution in [0.2, 0.25) is 5.02 Å². The predicted molar refractivity (Wildman–Crippen MR) is 69.4 cm³/mol. The lowest BCUT2D eigenvalue weighted by Gasteiger charge is -2.21. The van der Waals surface area contributed by atoms with Crippen molar-refractivity contribution in [2.75, 3.05) is 26.4 Å². The van der Waals surface area contributed by atoms with E-state index in [1.54, 1.807) is 12.1 Å². The Labute approximate surface area is 115 Å². The maximum atomic E-state index is 10.6. The fourth-order valence-electron chi connectivity index (χ4n) is 1.74. The molecule has 7 heteroatoms. The van der Waals surface area contributed by atoms with Crippen LogP contribution in [0.5, 0.6) is 11.5 Å². The maximum absolute atomic E-state index is 10.6. The van der Waals surface area contributed by atoms with Crippen molar-refractivity contribution >= 4 is 17.5 Å². The molecule has 1 aliphatic rings. The molecule has 0 radical (unpaired) electrons. The maximum Gasteiger partial charge on any atom is 0.243 e. The summed E-state index contributed by atoms with van der Waals surface area (Å²) in [6.07, 6.45) is 0. The summed E-state index contributed by atoms with van der Waals surface area (Å²) in [7, 11) is 0. The van der Waals surface area contributed by atoms with Crippen LogP contribution in [0.3, 0.4) is 0 Å². The number of ether oxygens (including phenoxy) is 3. The van der Waals surface area contributed by atoms with Crippen molar-refractivity contribution in [2.45, 2.75) is 6.04 Å². The summed E-state index contributed by atoms with van der Waals surface area (Å²) in [6, 6.07) is 2.93. The molecule has 19 heavy (non-hydrogen) atoms. The van der Waals surface area contributed by atoms with Gasteiger partial charge in [-0.3, -0.25) is 4.79 Å². The summed E-state index contributed by atoms with van der Waals surface area (Å²) >= 11 is 6.13. The minimum atomic E-state index is -0.541. The Morgan fingerprint density at radius 1 is 1.37 bits per heavy atom. The van der Waals surface area contributed by atoms with Crippen LogP contribution in [-0.2, 0) is 9.53 Å². The smallest absolute Gasteiger partial charge is 0.243 e. The van der Waals surface area contributed by atoms with E-state index in [2.05, 4.69) is 0 Å². The normalized spacial score (nSPS) is 15.1. The molecule has 1 heterocycles. The summed E-state index contributed by atoms with van der Waals surface area (Å²) in [4.78, 5) is 10.6. The standard InChI is InChI=1S/C12H15ClN2O4/c13-8-4-11-10(18-1-2-19-11)3-7(8)9(14)5-17-6-12(15)16/h3-4,9H,1-2,5-6,14H2,(H2,15,16). The summed E-state index contributed by atoms with van der Waals surface area (Å²) in [6.45, 7) is 0.954. The average Bonchev–Trinajstić information content (AvgIpc) is 2.37. The van der Waals surface area contributed by atoms with Gasteiger partial charge in [0.25, 0.3) is 0 Å². The summed E-state index contributed by atoms with van der Waals surface area (Å²) in [5, 5.41) is 0.472. The molecule has 0 aliphatic carbocycles. The van der Waals surface area contributed by atoms with Gasteiger partial charge in [0.2, 0.25) is 5.91 Å². The Kier molecular flexibility index (Phi) is 4.47. The monoisotopic (exact) mass is 286 g/mol. The van der Waals surface area contributed by atoms with E-state index in [4.69, 9.17) is 37.3 Å². The quantitative estimate of drug-likeness (QED) is 0.827. The van der Waals surface area contributed by atoms with Gasteiger partial charge in [0.15, 0.2) is 11.5 Å². The van der Waals surface area contributed by atoms with Crippen molar-refractivity contribution in [3.8, 4) is 11.5 Å². The van der Waals surface area contributed by atoms with E-state index >= 15 is 0 Å². The molecule has 2 rings (SSSR count). The molecule has 104 valence electrons. The van der Waals surface area contributed by atoms with Gasteiger partial charge in [0.05, 0.1) is 12.6 Å². The number of halogens is 1. The molecule has 0 saturated heterocycles. The van der Waals surface area contributed by atoms with Gasteiger partial charge in [-0.2, -0.15) is 0 Å². The molecular formula is C12H15ClN2O4. The molecule has 1 aliphatic heterocycles. The summed E-state index contributed by atoms with van der Waals surface area (Å²) in [5.41, 5.74) is 11.6. The SMILES string of the molecule is NC(=O)COCC(N)c1cc2c(cc1Cl)OCCO2. The molecular weight excluding hydrogens is 272 g/mol. The van der Waals surface area contributed by atoms with Gasteiger partial charge in [0, 0.05) is 11.1 Å². The van der Waals surface area contributed by atoms with Crippen molar-refractivity contribution < 1.29 is 19.0 Å².